The molecule has 1 amide bonds. The van der Waals surface area contributed by atoms with Crippen molar-refractivity contribution in [2.75, 3.05) is 7.11 Å². The molecule has 1 aliphatic rings. The number of likely N-dealkylation sites (tertiary alicyclic amines) is 1. The second-order valence-electron chi connectivity index (χ2n) is 9.66. The van der Waals surface area contributed by atoms with Crippen LogP contribution < -0.4 is 4.74 Å². The zero-order valence-corrected chi connectivity index (χ0v) is 21.8. The Labute approximate surface area is 214 Å². The number of Topliss-reactive ketones (excluding diaryl/α,β-unsaturated/α-hetero) is 1. The van der Waals surface area contributed by atoms with Crippen LogP contribution in [-0.4, -0.2) is 28.8 Å². The Bertz CT molecular complexity index is 1290. The molecule has 1 unspecified atom stereocenters. The summed E-state index contributed by atoms with van der Waals surface area (Å²) in [6.07, 6.45) is 0. The number of rotatable bonds is 5. The number of ketones is 1. The van der Waals surface area contributed by atoms with Crippen molar-refractivity contribution in [2.24, 2.45) is 0 Å². The highest BCUT2D eigenvalue weighted by Gasteiger charge is 2.46. The molecule has 1 heterocycles. The zero-order valence-electron chi connectivity index (χ0n) is 20.2. The first kappa shape index (κ1) is 24.7. The zero-order chi connectivity index (χ0) is 25.3. The summed E-state index contributed by atoms with van der Waals surface area (Å²) in [6.45, 7) is 6.59. The topological polar surface area (TPSA) is 66.8 Å². The van der Waals surface area contributed by atoms with Crippen molar-refractivity contribution in [2.45, 2.75) is 38.8 Å². The Hall–Kier alpha value is -3.38. The molecule has 3 aromatic rings. The van der Waals surface area contributed by atoms with Crippen LogP contribution in [0.15, 0.2) is 82.8 Å². The Balaban J connectivity index is 1.84. The molecular weight excluding hydrogens is 506 g/mol. The number of hydrogen-bond donors (Lipinski definition) is 1. The molecule has 1 atom stereocenters. The molecule has 6 heteroatoms. The van der Waals surface area contributed by atoms with Gasteiger partial charge in [0.15, 0.2) is 0 Å². The van der Waals surface area contributed by atoms with Crippen molar-refractivity contribution in [3.05, 3.63) is 105 Å². The van der Waals surface area contributed by atoms with Crippen LogP contribution in [0.5, 0.6) is 5.75 Å². The van der Waals surface area contributed by atoms with Crippen molar-refractivity contribution in [1.82, 2.24) is 4.90 Å². The van der Waals surface area contributed by atoms with Crippen molar-refractivity contribution in [3.63, 3.8) is 0 Å². The third kappa shape index (κ3) is 5.03. The normalized spacial score (nSPS) is 17.6. The molecule has 1 fully saturated rings. The number of amides is 1. The maximum atomic E-state index is 13.3. The Morgan fingerprint density at radius 2 is 1.66 bits per heavy atom. The van der Waals surface area contributed by atoms with E-state index in [0.29, 0.717) is 11.3 Å². The Kier molecular flexibility index (Phi) is 6.86. The van der Waals surface area contributed by atoms with Crippen LogP contribution in [-0.2, 0) is 21.5 Å². The first-order valence-corrected chi connectivity index (χ1v) is 12.2. The van der Waals surface area contributed by atoms with Gasteiger partial charge in [-0.1, -0.05) is 85.2 Å². The average molecular weight is 534 g/mol. The highest BCUT2D eigenvalue weighted by molar-refractivity contribution is 9.10. The van der Waals surface area contributed by atoms with E-state index in [4.69, 9.17) is 4.74 Å². The first-order valence-electron chi connectivity index (χ1n) is 11.4. The van der Waals surface area contributed by atoms with Crippen molar-refractivity contribution in [3.8, 4) is 5.75 Å². The summed E-state index contributed by atoms with van der Waals surface area (Å²) in [5, 5.41) is 11.2. The summed E-state index contributed by atoms with van der Waals surface area (Å²) in [6, 6.07) is 21.6. The van der Waals surface area contributed by atoms with E-state index in [-0.39, 0.29) is 23.3 Å². The number of halogens is 1. The minimum Gasteiger partial charge on any atom is -0.507 e. The first-order chi connectivity index (χ1) is 16.6. The Morgan fingerprint density at radius 1 is 1.00 bits per heavy atom. The monoisotopic (exact) mass is 533 g/mol. The minimum atomic E-state index is -0.723. The number of benzene rings is 3. The molecule has 5 nitrogen and oxygen atoms in total. The van der Waals surface area contributed by atoms with E-state index in [2.05, 4.69) is 36.7 Å². The second-order valence-corrected chi connectivity index (χ2v) is 10.6. The quantitative estimate of drug-likeness (QED) is 0.235. The van der Waals surface area contributed by atoms with E-state index in [1.165, 1.54) is 4.90 Å². The number of nitrogens with zero attached hydrogens (tertiary/aromatic N) is 1. The van der Waals surface area contributed by atoms with Gasteiger partial charge in [0, 0.05) is 16.6 Å². The fourth-order valence-corrected chi connectivity index (χ4v) is 4.55. The molecule has 1 aliphatic heterocycles. The number of aliphatic hydroxyl groups is 1. The lowest BCUT2D eigenvalue weighted by Crippen LogP contribution is -2.29. The number of carbonyl (C=O) groups is 2. The third-order valence-corrected chi connectivity index (χ3v) is 6.77. The molecule has 0 saturated carbocycles. The number of ether oxygens (including phenoxy) is 1. The van der Waals surface area contributed by atoms with E-state index < -0.39 is 17.7 Å². The number of carbonyl (C=O) groups excluding carboxylic acids is 2. The fraction of sp³-hybridized carbons (Fsp3) is 0.241. The van der Waals surface area contributed by atoms with Gasteiger partial charge in [0.2, 0.25) is 0 Å². The van der Waals surface area contributed by atoms with Gasteiger partial charge in [0.05, 0.1) is 18.7 Å². The van der Waals surface area contributed by atoms with Gasteiger partial charge < -0.3 is 14.7 Å². The van der Waals surface area contributed by atoms with Crippen LogP contribution in [0.2, 0.25) is 0 Å². The van der Waals surface area contributed by atoms with E-state index in [9.17, 15) is 14.7 Å². The molecule has 0 aliphatic carbocycles. The molecule has 0 aromatic heterocycles. The van der Waals surface area contributed by atoms with Crippen LogP contribution in [0, 0.1) is 0 Å². The lowest BCUT2D eigenvalue weighted by atomic mass is 9.85. The van der Waals surface area contributed by atoms with Crippen LogP contribution in [0.3, 0.4) is 0 Å². The molecule has 0 bridgehead atoms. The van der Waals surface area contributed by atoms with E-state index in [1.807, 2.05) is 48.5 Å². The summed E-state index contributed by atoms with van der Waals surface area (Å²) in [5.41, 5.74) is 3.25. The predicted octanol–water partition coefficient (Wildman–Crippen LogP) is 6.38. The lowest BCUT2D eigenvalue weighted by Gasteiger charge is -2.27. The van der Waals surface area contributed by atoms with Gasteiger partial charge in [-0.15, -0.1) is 0 Å². The van der Waals surface area contributed by atoms with Gasteiger partial charge in [0.25, 0.3) is 11.7 Å². The molecule has 180 valence electrons. The van der Waals surface area contributed by atoms with Gasteiger partial charge in [-0.3, -0.25) is 9.59 Å². The predicted molar refractivity (Wildman–Crippen MR) is 140 cm³/mol. The van der Waals surface area contributed by atoms with Gasteiger partial charge in [-0.25, -0.2) is 0 Å². The highest BCUT2D eigenvalue weighted by Crippen LogP contribution is 2.41. The fourth-order valence-electron chi connectivity index (χ4n) is 4.29. The number of hydrogen-bond acceptors (Lipinski definition) is 4. The standard InChI is InChI=1S/C29H28BrNO4/c1-29(2,3)21-12-8-19(9-13-21)25-24(26(32)20-10-14-22(30)15-11-20)27(33)28(34)31(25)17-18-6-5-7-23(16-18)35-4/h5-16,25,32H,17H2,1-4H3/b26-24-. The maximum absolute atomic E-state index is 13.3. The summed E-state index contributed by atoms with van der Waals surface area (Å²) in [5.74, 6) is -0.858. The van der Waals surface area contributed by atoms with Crippen LogP contribution in [0.1, 0.15) is 49.1 Å². The SMILES string of the molecule is COc1cccc(CN2C(=O)C(=O)/C(=C(\O)c3ccc(Br)cc3)C2c2ccc(C(C)(C)C)cc2)c1. The molecule has 4 rings (SSSR count). The molecule has 3 aromatic carbocycles. The molecular formula is C29H28BrNO4. The maximum Gasteiger partial charge on any atom is 0.295 e. The molecule has 35 heavy (non-hydrogen) atoms. The number of aliphatic hydroxyl groups excluding tert-OH is 1. The molecule has 0 radical (unpaired) electrons. The van der Waals surface area contributed by atoms with Gasteiger partial charge in [0.1, 0.15) is 11.5 Å². The van der Waals surface area contributed by atoms with Crippen LogP contribution in [0.25, 0.3) is 5.76 Å². The average Bonchev–Trinajstić information content (AvgIpc) is 3.08. The molecule has 1 saturated heterocycles. The second kappa shape index (κ2) is 9.70. The van der Waals surface area contributed by atoms with Gasteiger partial charge >= 0.3 is 0 Å². The minimum absolute atomic E-state index is 0.0433. The summed E-state index contributed by atoms with van der Waals surface area (Å²) in [7, 11) is 1.58. The van der Waals surface area contributed by atoms with E-state index in [1.54, 1.807) is 31.4 Å². The van der Waals surface area contributed by atoms with Crippen LogP contribution >= 0.6 is 15.9 Å². The Morgan fingerprint density at radius 3 is 2.26 bits per heavy atom. The largest absolute Gasteiger partial charge is 0.507 e. The van der Waals surface area contributed by atoms with Crippen molar-refractivity contribution >= 4 is 33.4 Å². The van der Waals surface area contributed by atoms with E-state index in [0.717, 1.165) is 21.2 Å². The smallest absolute Gasteiger partial charge is 0.295 e. The van der Waals surface area contributed by atoms with Gasteiger partial charge in [-0.2, -0.15) is 0 Å². The summed E-state index contributed by atoms with van der Waals surface area (Å²) in [4.78, 5) is 28.1. The lowest BCUT2D eigenvalue weighted by molar-refractivity contribution is -0.140. The van der Waals surface area contributed by atoms with Crippen molar-refractivity contribution in [1.29, 1.82) is 0 Å². The van der Waals surface area contributed by atoms with E-state index >= 15 is 0 Å². The van der Waals surface area contributed by atoms with Crippen molar-refractivity contribution < 1.29 is 19.4 Å². The van der Waals surface area contributed by atoms with Crippen LogP contribution in [0.4, 0.5) is 0 Å². The third-order valence-electron chi connectivity index (χ3n) is 6.24. The highest BCUT2D eigenvalue weighted by atomic mass is 79.9. The van der Waals surface area contributed by atoms with Gasteiger partial charge in [-0.05, 0) is 46.4 Å². The number of methoxy groups -OCH3 is 1. The summed E-state index contributed by atoms with van der Waals surface area (Å²) >= 11 is 3.39. The molecule has 0 spiro atoms. The summed E-state index contributed by atoms with van der Waals surface area (Å²) < 4.78 is 6.18. The molecule has 1 N–H and O–H groups in total.